The van der Waals surface area contributed by atoms with Crippen LogP contribution in [0.1, 0.15) is 19.8 Å². The summed E-state index contributed by atoms with van der Waals surface area (Å²) in [6.45, 7) is 5.41. The second-order valence-electron chi connectivity index (χ2n) is 4.83. The summed E-state index contributed by atoms with van der Waals surface area (Å²) < 4.78 is 17.7. The second kappa shape index (κ2) is 3.03. The lowest BCUT2D eigenvalue weighted by Crippen LogP contribution is -2.60. The van der Waals surface area contributed by atoms with E-state index in [-0.39, 0.29) is 11.0 Å². The molecule has 0 unspecified atom stereocenters. The Morgan fingerprint density at radius 3 is 2.57 bits per heavy atom. The monoisotopic (exact) mass is 215 g/mol. The van der Waals surface area contributed by atoms with Gasteiger partial charge in [0.15, 0.2) is 0 Å². The van der Waals surface area contributed by atoms with Crippen molar-refractivity contribution in [1.29, 1.82) is 0 Å². The predicted molar refractivity (Wildman–Crippen MR) is 55.5 cm³/mol. The van der Waals surface area contributed by atoms with E-state index >= 15 is 0 Å². The van der Waals surface area contributed by atoms with Gasteiger partial charge in [0, 0.05) is 6.54 Å². The summed E-state index contributed by atoms with van der Waals surface area (Å²) >= 11 is 0. The topological polar surface area (TPSA) is 29.5 Å². The molecule has 0 saturated carbocycles. The zero-order valence-electron chi connectivity index (χ0n) is 8.57. The number of ether oxygens (including phenoxy) is 1. The minimum Gasteiger partial charge on any atom is -0.356 e. The van der Waals surface area contributed by atoms with E-state index in [2.05, 4.69) is 4.90 Å². The fourth-order valence-electron chi connectivity index (χ4n) is 3.20. The summed E-state index contributed by atoms with van der Waals surface area (Å²) in [6.07, 6.45) is 2.48. The molecule has 1 spiro atoms. The van der Waals surface area contributed by atoms with Gasteiger partial charge in [0.05, 0.1) is 22.2 Å². The van der Waals surface area contributed by atoms with Crippen LogP contribution in [0, 0.1) is 5.92 Å². The Labute approximate surface area is 87.3 Å². The highest BCUT2D eigenvalue weighted by Crippen LogP contribution is 2.43. The van der Waals surface area contributed by atoms with Crippen molar-refractivity contribution in [2.24, 2.45) is 5.92 Å². The first-order valence-electron chi connectivity index (χ1n) is 5.47. The second-order valence-corrected chi connectivity index (χ2v) is 6.54. The molecule has 4 aliphatic heterocycles. The summed E-state index contributed by atoms with van der Waals surface area (Å²) in [5.74, 6) is 1.44. The van der Waals surface area contributed by atoms with Crippen LogP contribution < -0.4 is 0 Å². The lowest BCUT2D eigenvalue weighted by Gasteiger charge is -2.50. The first kappa shape index (κ1) is 9.31. The Hall–Kier alpha value is 0.0700. The van der Waals surface area contributed by atoms with E-state index in [0.717, 1.165) is 12.3 Å². The molecular formula is C10H17NO2S. The van der Waals surface area contributed by atoms with Crippen LogP contribution in [0.15, 0.2) is 0 Å². The zero-order valence-corrected chi connectivity index (χ0v) is 9.39. The standard InChI is InChI=1S/C10H17NO2S/c1-8-13-10(7-14(8)12)6-11-4-2-9(10)3-5-11/h8-9H,2-7H2,1H3/t8-,10-,14+/m0/s1. The third-order valence-corrected chi connectivity index (χ3v) is 5.59. The molecule has 0 N–H and O–H groups in total. The summed E-state index contributed by atoms with van der Waals surface area (Å²) in [5.41, 5.74) is -0.0867. The van der Waals surface area contributed by atoms with Crippen molar-refractivity contribution in [3.8, 4) is 0 Å². The Balaban J connectivity index is 1.87. The number of hydrogen-bond acceptors (Lipinski definition) is 3. The minimum atomic E-state index is -0.755. The molecule has 4 aliphatic rings. The molecule has 4 saturated heterocycles. The van der Waals surface area contributed by atoms with Crippen LogP contribution in [0.3, 0.4) is 0 Å². The molecule has 0 amide bonds. The number of nitrogens with zero attached hydrogens (tertiary/aromatic N) is 1. The van der Waals surface area contributed by atoms with Crippen molar-refractivity contribution in [2.75, 3.05) is 25.4 Å². The molecule has 4 heteroatoms. The van der Waals surface area contributed by atoms with Crippen molar-refractivity contribution in [2.45, 2.75) is 30.8 Å². The van der Waals surface area contributed by atoms with Crippen molar-refractivity contribution >= 4 is 10.8 Å². The highest BCUT2D eigenvalue weighted by atomic mass is 32.2. The molecule has 4 rings (SSSR count). The molecule has 3 atom stereocenters. The summed E-state index contributed by atoms with van der Waals surface area (Å²) in [6, 6.07) is 0. The quantitative estimate of drug-likeness (QED) is 0.592. The number of piperidine rings is 3. The normalized spacial score (nSPS) is 56.9. The van der Waals surface area contributed by atoms with E-state index in [1.54, 1.807) is 0 Å². The maximum atomic E-state index is 11.7. The molecule has 14 heavy (non-hydrogen) atoms. The zero-order chi connectivity index (χ0) is 9.76. The Morgan fingerprint density at radius 2 is 2.14 bits per heavy atom. The Bertz CT molecular complexity index is 275. The van der Waals surface area contributed by atoms with Crippen LogP contribution in [-0.2, 0) is 15.5 Å². The fraction of sp³-hybridized carbons (Fsp3) is 1.00. The highest BCUT2D eigenvalue weighted by molar-refractivity contribution is 7.85. The molecule has 0 aliphatic carbocycles. The first-order chi connectivity index (χ1) is 6.70. The molecule has 0 radical (unpaired) electrons. The van der Waals surface area contributed by atoms with Gasteiger partial charge >= 0.3 is 0 Å². The highest BCUT2D eigenvalue weighted by Gasteiger charge is 2.53. The summed E-state index contributed by atoms with van der Waals surface area (Å²) in [5, 5.41) is 0. The van der Waals surface area contributed by atoms with Gasteiger partial charge in [-0.2, -0.15) is 0 Å². The van der Waals surface area contributed by atoms with Gasteiger partial charge in [-0.25, -0.2) is 0 Å². The van der Waals surface area contributed by atoms with Crippen LogP contribution in [0.25, 0.3) is 0 Å². The molecule has 0 aromatic carbocycles. The van der Waals surface area contributed by atoms with Gasteiger partial charge in [-0.3, -0.25) is 4.21 Å². The molecule has 4 heterocycles. The third kappa shape index (κ3) is 1.20. The van der Waals surface area contributed by atoms with Gasteiger partial charge < -0.3 is 9.64 Å². The average molecular weight is 215 g/mol. The van der Waals surface area contributed by atoms with Crippen molar-refractivity contribution in [1.82, 2.24) is 4.90 Å². The SMILES string of the molecule is C[C@H]1O[C@@]2(CN3CCC2CC3)C[S@]1=O. The maximum absolute atomic E-state index is 11.7. The fourth-order valence-corrected chi connectivity index (χ4v) is 4.61. The molecule has 80 valence electrons. The molecule has 0 aromatic heterocycles. The van der Waals surface area contributed by atoms with Gasteiger partial charge in [-0.15, -0.1) is 0 Å². The largest absolute Gasteiger partial charge is 0.356 e. The molecule has 3 nitrogen and oxygen atoms in total. The van der Waals surface area contributed by atoms with Gasteiger partial charge in [0.1, 0.15) is 5.44 Å². The van der Waals surface area contributed by atoms with E-state index in [0.29, 0.717) is 5.92 Å². The van der Waals surface area contributed by atoms with Gasteiger partial charge in [0.25, 0.3) is 0 Å². The van der Waals surface area contributed by atoms with E-state index in [1.165, 1.54) is 25.9 Å². The number of fused-ring (bicyclic) bond motifs is 2. The summed E-state index contributed by atoms with van der Waals surface area (Å²) in [7, 11) is -0.755. The van der Waals surface area contributed by atoms with E-state index in [1.807, 2.05) is 6.92 Å². The van der Waals surface area contributed by atoms with Crippen LogP contribution in [0.5, 0.6) is 0 Å². The van der Waals surface area contributed by atoms with Crippen LogP contribution in [-0.4, -0.2) is 45.5 Å². The summed E-state index contributed by atoms with van der Waals surface area (Å²) in [4.78, 5) is 2.47. The first-order valence-corrected chi connectivity index (χ1v) is 6.85. The number of hydrogen-bond donors (Lipinski definition) is 0. The Kier molecular flexibility index (Phi) is 2.01. The van der Waals surface area contributed by atoms with Crippen molar-refractivity contribution in [3.63, 3.8) is 0 Å². The van der Waals surface area contributed by atoms with Crippen molar-refractivity contribution in [3.05, 3.63) is 0 Å². The van der Waals surface area contributed by atoms with Crippen LogP contribution >= 0.6 is 0 Å². The minimum absolute atomic E-state index is 0.0409. The molecular weight excluding hydrogens is 198 g/mol. The predicted octanol–water partition coefficient (Wildman–Crippen LogP) is 0.576. The van der Waals surface area contributed by atoms with E-state index in [4.69, 9.17) is 4.74 Å². The third-order valence-electron chi connectivity index (χ3n) is 3.98. The van der Waals surface area contributed by atoms with Gasteiger partial charge in [-0.1, -0.05) is 0 Å². The van der Waals surface area contributed by atoms with Gasteiger partial charge in [0.2, 0.25) is 0 Å². The van der Waals surface area contributed by atoms with E-state index < -0.39 is 10.8 Å². The van der Waals surface area contributed by atoms with E-state index in [9.17, 15) is 4.21 Å². The lowest BCUT2D eigenvalue weighted by atomic mass is 9.76. The molecule has 4 fully saturated rings. The van der Waals surface area contributed by atoms with Gasteiger partial charge in [-0.05, 0) is 38.8 Å². The van der Waals surface area contributed by atoms with Crippen LogP contribution in [0.2, 0.25) is 0 Å². The smallest absolute Gasteiger partial charge is 0.130 e. The van der Waals surface area contributed by atoms with Crippen molar-refractivity contribution < 1.29 is 8.95 Å². The molecule has 2 bridgehead atoms. The average Bonchev–Trinajstić information content (AvgIpc) is 2.43. The lowest BCUT2D eigenvalue weighted by molar-refractivity contribution is -0.133. The van der Waals surface area contributed by atoms with Crippen LogP contribution in [0.4, 0.5) is 0 Å². The Morgan fingerprint density at radius 1 is 1.43 bits per heavy atom. The number of rotatable bonds is 0. The maximum Gasteiger partial charge on any atom is 0.130 e. The molecule has 0 aromatic rings.